The molecule has 1 aliphatic heterocycles. The van der Waals surface area contributed by atoms with Crippen LogP contribution in [0.1, 0.15) is 40.8 Å². The summed E-state index contributed by atoms with van der Waals surface area (Å²) in [6, 6.07) is 15.5. The SMILES string of the molecule is Cc1ccc([C@H]2C[C@@H](c3cccc(Br)c3)n3ncnc3N2)cc1C. The number of fused-ring (bicyclic) bond motifs is 1. The first-order valence-corrected chi connectivity index (χ1v) is 8.90. The summed E-state index contributed by atoms with van der Waals surface area (Å²) < 4.78 is 3.07. The Hall–Kier alpha value is -2.14. The Morgan fingerprint density at radius 1 is 1.08 bits per heavy atom. The second-order valence-electron chi connectivity index (χ2n) is 6.38. The molecule has 3 aromatic rings. The largest absolute Gasteiger partial charge is 0.348 e. The molecule has 0 saturated carbocycles. The van der Waals surface area contributed by atoms with Gasteiger partial charge in [0.1, 0.15) is 6.33 Å². The first-order chi connectivity index (χ1) is 11.6. The maximum Gasteiger partial charge on any atom is 0.222 e. The normalized spacial score (nSPS) is 19.6. The standard InChI is InChI=1S/C19H19BrN4/c1-12-6-7-14(8-13(12)2)17-10-18(15-4-3-5-16(20)9-15)24-19(23-17)21-11-22-24/h3-9,11,17-18H,10H2,1-2H3,(H,21,22,23)/t17-,18+/m1/s1. The Morgan fingerprint density at radius 2 is 1.96 bits per heavy atom. The van der Waals surface area contributed by atoms with Gasteiger partial charge in [-0.05, 0) is 54.7 Å². The molecule has 2 heterocycles. The van der Waals surface area contributed by atoms with Gasteiger partial charge in [0.15, 0.2) is 0 Å². The van der Waals surface area contributed by atoms with E-state index in [1.165, 1.54) is 22.3 Å². The topological polar surface area (TPSA) is 42.7 Å². The second kappa shape index (κ2) is 6.06. The number of aromatic nitrogens is 3. The van der Waals surface area contributed by atoms with Crippen molar-refractivity contribution in [2.45, 2.75) is 32.4 Å². The van der Waals surface area contributed by atoms with E-state index in [1.807, 2.05) is 10.7 Å². The van der Waals surface area contributed by atoms with Gasteiger partial charge in [-0.15, -0.1) is 0 Å². The molecule has 0 saturated heterocycles. The van der Waals surface area contributed by atoms with Crippen molar-refractivity contribution in [2.75, 3.05) is 5.32 Å². The Labute approximate surface area is 150 Å². The lowest BCUT2D eigenvalue weighted by atomic mass is 9.92. The maximum absolute atomic E-state index is 4.43. The van der Waals surface area contributed by atoms with E-state index in [2.05, 4.69) is 81.6 Å². The Kier molecular flexibility index (Phi) is 3.88. The van der Waals surface area contributed by atoms with Gasteiger partial charge in [0.2, 0.25) is 5.95 Å². The fourth-order valence-corrected chi connectivity index (χ4v) is 3.73. The van der Waals surface area contributed by atoms with Crippen LogP contribution >= 0.6 is 15.9 Å². The Morgan fingerprint density at radius 3 is 2.75 bits per heavy atom. The molecule has 1 N–H and O–H groups in total. The molecule has 4 rings (SSSR count). The summed E-state index contributed by atoms with van der Waals surface area (Å²) in [6.07, 6.45) is 2.56. The molecule has 24 heavy (non-hydrogen) atoms. The number of rotatable bonds is 2. The van der Waals surface area contributed by atoms with E-state index in [9.17, 15) is 0 Å². The molecule has 2 aromatic carbocycles. The fraction of sp³-hybridized carbons (Fsp3) is 0.263. The highest BCUT2D eigenvalue weighted by Crippen LogP contribution is 2.38. The summed E-state index contributed by atoms with van der Waals surface area (Å²) in [6.45, 7) is 4.31. The molecule has 1 aromatic heterocycles. The van der Waals surface area contributed by atoms with E-state index in [0.717, 1.165) is 16.8 Å². The number of nitrogens with zero attached hydrogens (tertiary/aromatic N) is 3. The average molecular weight is 383 g/mol. The smallest absolute Gasteiger partial charge is 0.222 e. The third-order valence-corrected chi connectivity index (χ3v) is 5.29. The lowest BCUT2D eigenvalue weighted by molar-refractivity contribution is 0.430. The molecule has 0 aliphatic carbocycles. The van der Waals surface area contributed by atoms with Crippen molar-refractivity contribution < 1.29 is 0 Å². The monoisotopic (exact) mass is 382 g/mol. The molecule has 5 heteroatoms. The number of hydrogen-bond donors (Lipinski definition) is 1. The number of nitrogens with one attached hydrogen (secondary N) is 1. The van der Waals surface area contributed by atoms with E-state index in [-0.39, 0.29) is 12.1 Å². The van der Waals surface area contributed by atoms with Gasteiger partial charge >= 0.3 is 0 Å². The molecule has 0 radical (unpaired) electrons. The first-order valence-electron chi connectivity index (χ1n) is 8.10. The van der Waals surface area contributed by atoms with Gasteiger partial charge < -0.3 is 5.32 Å². The van der Waals surface area contributed by atoms with Crippen LogP contribution < -0.4 is 5.32 Å². The van der Waals surface area contributed by atoms with Crippen LogP contribution in [0.5, 0.6) is 0 Å². The summed E-state index contributed by atoms with van der Waals surface area (Å²) in [5, 5.41) is 7.96. The Balaban J connectivity index is 1.74. The van der Waals surface area contributed by atoms with Crippen molar-refractivity contribution in [3.05, 3.63) is 75.5 Å². The Bertz CT molecular complexity index is 887. The quantitative estimate of drug-likeness (QED) is 0.691. The lowest BCUT2D eigenvalue weighted by Gasteiger charge is -2.32. The average Bonchev–Trinajstić information content (AvgIpc) is 3.05. The zero-order valence-corrected chi connectivity index (χ0v) is 15.3. The van der Waals surface area contributed by atoms with Crippen molar-refractivity contribution in [2.24, 2.45) is 0 Å². The third-order valence-electron chi connectivity index (χ3n) is 4.80. The zero-order valence-electron chi connectivity index (χ0n) is 13.7. The molecule has 4 nitrogen and oxygen atoms in total. The summed E-state index contributed by atoms with van der Waals surface area (Å²) in [5.41, 5.74) is 5.18. The molecular formula is C19H19BrN4. The summed E-state index contributed by atoms with van der Waals surface area (Å²) in [7, 11) is 0. The van der Waals surface area contributed by atoms with Gasteiger partial charge in [-0.25, -0.2) is 4.68 Å². The van der Waals surface area contributed by atoms with Crippen LogP contribution in [0.2, 0.25) is 0 Å². The van der Waals surface area contributed by atoms with Crippen molar-refractivity contribution in [1.82, 2.24) is 14.8 Å². The minimum Gasteiger partial charge on any atom is -0.348 e. The van der Waals surface area contributed by atoms with E-state index in [4.69, 9.17) is 0 Å². The van der Waals surface area contributed by atoms with Crippen LogP contribution in [-0.4, -0.2) is 14.8 Å². The molecule has 0 bridgehead atoms. The van der Waals surface area contributed by atoms with Gasteiger partial charge in [-0.3, -0.25) is 0 Å². The molecule has 2 atom stereocenters. The summed E-state index contributed by atoms with van der Waals surface area (Å²) in [4.78, 5) is 4.40. The van der Waals surface area contributed by atoms with Gasteiger partial charge in [0.05, 0.1) is 12.1 Å². The van der Waals surface area contributed by atoms with Gasteiger partial charge in [-0.2, -0.15) is 10.1 Å². The number of hydrogen-bond acceptors (Lipinski definition) is 3. The number of aryl methyl sites for hydroxylation is 2. The van der Waals surface area contributed by atoms with Crippen LogP contribution in [0.4, 0.5) is 5.95 Å². The van der Waals surface area contributed by atoms with E-state index < -0.39 is 0 Å². The molecule has 0 spiro atoms. The predicted octanol–water partition coefficient (Wildman–Crippen LogP) is 4.80. The van der Waals surface area contributed by atoms with Gasteiger partial charge in [0, 0.05) is 4.47 Å². The number of benzene rings is 2. The maximum atomic E-state index is 4.43. The highest BCUT2D eigenvalue weighted by atomic mass is 79.9. The highest BCUT2D eigenvalue weighted by Gasteiger charge is 2.30. The van der Waals surface area contributed by atoms with Crippen molar-refractivity contribution >= 4 is 21.9 Å². The number of halogens is 1. The van der Waals surface area contributed by atoms with Gasteiger partial charge in [-0.1, -0.05) is 46.3 Å². The van der Waals surface area contributed by atoms with Crippen LogP contribution in [0.3, 0.4) is 0 Å². The summed E-state index contributed by atoms with van der Waals surface area (Å²) in [5.74, 6) is 0.828. The molecule has 0 fully saturated rings. The first kappa shape index (κ1) is 15.4. The van der Waals surface area contributed by atoms with Crippen molar-refractivity contribution in [1.29, 1.82) is 0 Å². The van der Waals surface area contributed by atoms with Crippen molar-refractivity contribution in [3.63, 3.8) is 0 Å². The minimum atomic E-state index is 0.174. The van der Waals surface area contributed by atoms with Gasteiger partial charge in [0.25, 0.3) is 0 Å². The predicted molar refractivity (Wildman–Crippen MR) is 99.2 cm³/mol. The van der Waals surface area contributed by atoms with Crippen LogP contribution in [0, 0.1) is 13.8 Å². The second-order valence-corrected chi connectivity index (χ2v) is 7.29. The number of anilines is 1. The van der Waals surface area contributed by atoms with E-state index >= 15 is 0 Å². The van der Waals surface area contributed by atoms with Crippen LogP contribution in [-0.2, 0) is 0 Å². The molecule has 0 unspecified atom stereocenters. The molecule has 1 aliphatic rings. The minimum absolute atomic E-state index is 0.174. The summed E-state index contributed by atoms with van der Waals surface area (Å²) >= 11 is 3.58. The molecular weight excluding hydrogens is 364 g/mol. The van der Waals surface area contributed by atoms with E-state index in [1.54, 1.807) is 6.33 Å². The van der Waals surface area contributed by atoms with Crippen LogP contribution in [0.15, 0.2) is 53.3 Å². The highest BCUT2D eigenvalue weighted by molar-refractivity contribution is 9.10. The molecule has 0 amide bonds. The fourth-order valence-electron chi connectivity index (χ4n) is 3.31. The molecule has 122 valence electrons. The zero-order chi connectivity index (χ0) is 16.7. The third kappa shape index (κ3) is 2.73. The van der Waals surface area contributed by atoms with E-state index in [0.29, 0.717) is 0 Å². The van der Waals surface area contributed by atoms with Crippen LogP contribution in [0.25, 0.3) is 0 Å². The van der Waals surface area contributed by atoms with Crippen molar-refractivity contribution in [3.8, 4) is 0 Å². The lowest BCUT2D eigenvalue weighted by Crippen LogP contribution is -2.28.